The maximum absolute atomic E-state index is 13.9. The third kappa shape index (κ3) is 3.68. The summed E-state index contributed by atoms with van der Waals surface area (Å²) < 4.78 is 13.9. The number of aromatic nitrogens is 2. The molecule has 6 heteroatoms. The van der Waals surface area contributed by atoms with Gasteiger partial charge in [0.1, 0.15) is 18.2 Å². The van der Waals surface area contributed by atoms with Gasteiger partial charge in [0.05, 0.1) is 11.6 Å². The molecule has 0 aliphatic heterocycles. The zero-order valence-corrected chi connectivity index (χ0v) is 11.4. The summed E-state index contributed by atoms with van der Waals surface area (Å²) in [5.41, 5.74) is 0.333. The Bertz CT molecular complexity index is 687. The van der Waals surface area contributed by atoms with Crippen molar-refractivity contribution in [1.29, 1.82) is 0 Å². The molecular formula is C15H14FN3O2. The van der Waals surface area contributed by atoms with Crippen LogP contribution in [0.3, 0.4) is 0 Å². The van der Waals surface area contributed by atoms with Gasteiger partial charge in [-0.1, -0.05) is 11.8 Å². The fourth-order valence-electron chi connectivity index (χ4n) is 1.78. The van der Waals surface area contributed by atoms with Crippen LogP contribution in [0, 0.1) is 17.7 Å². The highest BCUT2D eigenvalue weighted by atomic mass is 19.1. The SMILES string of the molecule is CC(NC(=O)c1ccc(C#CCO)cc1F)c1ncc[nH]1. The minimum Gasteiger partial charge on any atom is -0.384 e. The van der Waals surface area contributed by atoms with E-state index in [2.05, 4.69) is 27.1 Å². The molecule has 0 saturated heterocycles. The third-order valence-electron chi connectivity index (χ3n) is 2.80. The first kappa shape index (κ1) is 14.8. The molecule has 1 atom stereocenters. The topological polar surface area (TPSA) is 78.0 Å². The van der Waals surface area contributed by atoms with Gasteiger partial charge in [0, 0.05) is 18.0 Å². The van der Waals surface area contributed by atoms with Gasteiger partial charge in [-0.05, 0) is 25.1 Å². The van der Waals surface area contributed by atoms with Crippen molar-refractivity contribution in [1.82, 2.24) is 15.3 Å². The van der Waals surface area contributed by atoms with E-state index >= 15 is 0 Å². The first-order valence-electron chi connectivity index (χ1n) is 6.31. The van der Waals surface area contributed by atoms with Gasteiger partial charge in [0.15, 0.2) is 0 Å². The maximum Gasteiger partial charge on any atom is 0.254 e. The van der Waals surface area contributed by atoms with Crippen molar-refractivity contribution in [2.75, 3.05) is 6.61 Å². The van der Waals surface area contributed by atoms with E-state index in [4.69, 9.17) is 5.11 Å². The molecule has 3 N–H and O–H groups in total. The van der Waals surface area contributed by atoms with Crippen molar-refractivity contribution < 1.29 is 14.3 Å². The average molecular weight is 287 g/mol. The lowest BCUT2D eigenvalue weighted by atomic mass is 10.1. The summed E-state index contributed by atoms with van der Waals surface area (Å²) in [5, 5.41) is 11.2. The fraction of sp³-hybridized carbons (Fsp3) is 0.200. The number of nitrogens with zero attached hydrogens (tertiary/aromatic N) is 1. The van der Waals surface area contributed by atoms with E-state index in [1.807, 2.05) is 0 Å². The van der Waals surface area contributed by atoms with Gasteiger partial charge in [0.2, 0.25) is 0 Å². The molecule has 108 valence electrons. The summed E-state index contributed by atoms with van der Waals surface area (Å²) in [6, 6.07) is 3.69. The summed E-state index contributed by atoms with van der Waals surface area (Å²) in [4.78, 5) is 18.9. The number of nitrogens with one attached hydrogen (secondary N) is 2. The second-order valence-corrected chi connectivity index (χ2v) is 4.32. The smallest absolute Gasteiger partial charge is 0.254 e. The molecule has 21 heavy (non-hydrogen) atoms. The number of amides is 1. The zero-order valence-electron chi connectivity index (χ0n) is 11.4. The average Bonchev–Trinajstić information content (AvgIpc) is 2.99. The van der Waals surface area contributed by atoms with E-state index < -0.39 is 11.7 Å². The Kier molecular flexibility index (Phi) is 4.69. The molecule has 1 aromatic heterocycles. The number of carbonyl (C=O) groups is 1. The lowest BCUT2D eigenvalue weighted by Crippen LogP contribution is -2.28. The van der Waals surface area contributed by atoms with E-state index in [0.717, 1.165) is 6.07 Å². The Morgan fingerprint density at radius 1 is 1.57 bits per heavy atom. The van der Waals surface area contributed by atoms with Crippen molar-refractivity contribution >= 4 is 5.91 Å². The minimum atomic E-state index is -0.663. The number of benzene rings is 1. The van der Waals surface area contributed by atoms with Crippen LogP contribution in [0.2, 0.25) is 0 Å². The molecule has 0 radical (unpaired) electrons. The second kappa shape index (κ2) is 6.68. The molecule has 1 heterocycles. The molecule has 1 aromatic carbocycles. The van der Waals surface area contributed by atoms with E-state index in [9.17, 15) is 9.18 Å². The van der Waals surface area contributed by atoms with E-state index in [-0.39, 0.29) is 18.2 Å². The number of aliphatic hydroxyl groups is 1. The van der Waals surface area contributed by atoms with Crippen molar-refractivity contribution in [3.63, 3.8) is 0 Å². The van der Waals surface area contributed by atoms with E-state index in [0.29, 0.717) is 11.4 Å². The summed E-state index contributed by atoms with van der Waals surface area (Å²) >= 11 is 0. The summed E-state index contributed by atoms with van der Waals surface area (Å²) in [5.74, 6) is 4.39. The number of aromatic amines is 1. The molecule has 2 aromatic rings. The van der Waals surface area contributed by atoms with Crippen LogP contribution in [0.4, 0.5) is 4.39 Å². The monoisotopic (exact) mass is 287 g/mol. The maximum atomic E-state index is 13.9. The van der Waals surface area contributed by atoms with Gasteiger partial charge in [-0.2, -0.15) is 0 Å². The quantitative estimate of drug-likeness (QED) is 0.746. The molecule has 1 amide bonds. The lowest BCUT2D eigenvalue weighted by molar-refractivity contribution is 0.0934. The number of imidazole rings is 1. The first-order chi connectivity index (χ1) is 10.1. The number of halogens is 1. The van der Waals surface area contributed by atoms with Crippen LogP contribution in [0.25, 0.3) is 0 Å². The molecule has 5 nitrogen and oxygen atoms in total. The van der Waals surface area contributed by atoms with E-state index in [1.165, 1.54) is 12.1 Å². The third-order valence-corrected chi connectivity index (χ3v) is 2.80. The molecular weight excluding hydrogens is 273 g/mol. The van der Waals surface area contributed by atoms with Crippen LogP contribution in [-0.4, -0.2) is 27.6 Å². The van der Waals surface area contributed by atoms with Crippen molar-refractivity contribution in [3.8, 4) is 11.8 Å². The standard InChI is InChI=1S/C15H14FN3O2/c1-10(14-17-6-7-18-14)19-15(21)12-5-4-11(3-2-8-20)9-13(12)16/h4-7,9-10,20H,8H2,1H3,(H,17,18)(H,19,21). The van der Waals surface area contributed by atoms with Crippen LogP contribution in [0.15, 0.2) is 30.6 Å². The number of H-pyrrole nitrogens is 1. The number of aliphatic hydroxyl groups excluding tert-OH is 1. The largest absolute Gasteiger partial charge is 0.384 e. The van der Waals surface area contributed by atoms with Crippen molar-refractivity contribution in [2.45, 2.75) is 13.0 Å². The Hall–Kier alpha value is -2.65. The molecule has 0 aliphatic carbocycles. The Labute approximate surface area is 121 Å². The molecule has 0 fully saturated rings. The lowest BCUT2D eigenvalue weighted by Gasteiger charge is -2.12. The van der Waals surface area contributed by atoms with Crippen LogP contribution in [0.1, 0.15) is 34.7 Å². The van der Waals surface area contributed by atoms with Gasteiger partial charge in [-0.15, -0.1) is 0 Å². The number of carbonyl (C=O) groups excluding carboxylic acids is 1. The highest BCUT2D eigenvalue weighted by molar-refractivity contribution is 5.94. The highest BCUT2D eigenvalue weighted by Crippen LogP contribution is 2.12. The number of rotatable bonds is 3. The predicted octanol–water partition coefficient (Wildman–Crippen LogP) is 1.38. The van der Waals surface area contributed by atoms with Crippen molar-refractivity contribution in [3.05, 3.63) is 53.4 Å². The molecule has 0 bridgehead atoms. The number of hydrogen-bond donors (Lipinski definition) is 3. The summed E-state index contributed by atoms with van der Waals surface area (Å²) in [6.07, 6.45) is 3.22. The summed E-state index contributed by atoms with van der Waals surface area (Å²) in [7, 11) is 0. The number of hydrogen-bond acceptors (Lipinski definition) is 3. The van der Waals surface area contributed by atoms with E-state index in [1.54, 1.807) is 19.3 Å². The summed E-state index contributed by atoms with van der Waals surface area (Å²) in [6.45, 7) is 1.44. The Balaban J connectivity index is 2.12. The van der Waals surface area contributed by atoms with Gasteiger partial charge in [0.25, 0.3) is 5.91 Å². The molecule has 0 spiro atoms. The normalized spacial score (nSPS) is 11.4. The molecule has 0 aliphatic rings. The Morgan fingerprint density at radius 2 is 2.38 bits per heavy atom. The van der Waals surface area contributed by atoms with Crippen LogP contribution in [-0.2, 0) is 0 Å². The van der Waals surface area contributed by atoms with Gasteiger partial charge in [-0.25, -0.2) is 9.37 Å². The van der Waals surface area contributed by atoms with Crippen LogP contribution >= 0.6 is 0 Å². The van der Waals surface area contributed by atoms with Crippen LogP contribution in [0.5, 0.6) is 0 Å². The zero-order chi connectivity index (χ0) is 15.2. The van der Waals surface area contributed by atoms with Gasteiger partial charge >= 0.3 is 0 Å². The highest BCUT2D eigenvalue weighted by Gasteiger charge is 2.16. The predicted molar refractivity (Wildman–Crippen MR) is 74.8 cm³/mol. The Morgan fingerprint density at radius 3 is 3.00 bits per heavy atom. The van der Waals surface area contributed by atoms with Gasteiger partial charge in [-0.3, -0.25) is 4.79 Å². The fourth-order valence-corrected chi connectivity index (χ4v) is 1.78. The van der Waals surface area contributed by atoms with Crippen molar-refractivity contribution in [2.24, 2.45) is 0 Å². The molecule has 1 unspecified atom stereocenters. The molecule has 2 rings (SSSR count). The van der Waals surface area contributed by atoms with Gasteiger partial charge < -0.3 is 15.4 Å². The van der Waals surface area contributed by atoms with Crippen LogP contribution < -0.4 is 5.32 Å². The first-order valence-corrected chi connectivity index (χ1v) is 6.31. The second-order valence-electron chi connectivity index (χ2n) is 4.32. The molecule has 0 saturated carbocycles. The minimum absolute atomic E-state index is 0.0667.